The van der Waals surface area contributed by atoms with Gasteiger partial charge in [0.1, 0.15) is 5.75 Å². The predicted octanol–water partition coefficient (Wildman–Crippen LogP) is 4.38. The molecule has 0 amide bonds. The van der Waals surface area contributed by atoms with E-state index in [1.165, 1.54) is 5.56 Å². The van der Waals surface area contributed by atoms with E-state index in [-0.39, 0.29) is 0 Å². The van der Waals surface area contributed by atoms with E-state index in [2.05, 4.69) is 15.9 Å². The van der Waals surface area contributed by atoms with Crippen LogP contribution < -0.4 is 9.47 Å². The van der Waals surface area contributed by atoms with Gasteiger partial charge in [0.25, 0.3) is 0 Å². The maximum absolute atomic E-state index is 5.76. The summed E-state index contributed by atoms with van der Waals surface area (Å²) in [6.45, 7) is 0. The number of methoxy groups -OCH3 is 1. The van der Waals surface area contributed by atoms with E-state index in [0.29, 0.717) is 0 Å². The van der Waals surface area contributed by atoms with Gasteiger partial charge in [-0.1, -0.05) is 40.2 Å². The number of hydrogen-bond acceptors (Lipinski definition) is 2. The van der Waals surface area contributed by atoms with E-state index in [1.54, 1.807) is 7.11 Å². The van der Waals surface area contributed by atoms with Crippen LogP contribution >= 0.6 is 15.9 Å². The average Bonchev–Trinajstić information content (AvgIpc) is 2.40. The summed E-state index contributed by atoms with van der Waals surface area (Å²) < 4.78 is 11.0. The number of para-hydroxylation sites is 2. The van der Waals surface area contributed by atoms with Crippen molar-refractivity contribution in [1.82, 2.24) is 0 Å². The Morgan fingerprint density at radius 2 is 1.59 bits per heavy atom. The molecule has 17 heavy (non-hydrogen) atoms. The topological polar surface area (TPSA) is 18.5 Å². The number of benzene rings is 2. The molecule has 0 saturated heterocycles. The van der Waals surface area contributed by atoms with Gasteiger partial charge in [-0.2, -0.15) is 0 Å². The Morgan fingerprint density at radius 3 is 2.18 bits per heavy atom. The first-order valence-electron chi connectivity index (χ1n) is 5.29. The van der Waals surface area contributed by atoms with Gasteiger partial charge in [-0.05, 0) is 29.8 Å². The molecule has 0 heterocycles. The van der Waals surface area contributed by atoms with E-state index in [1.807, 2.05) is 48.5 Å². The molecule has 2 nitrogen and oxygen atoms in total. The van der Waals surface area contributed by atoms with Crippen LogP contribution in [0.25, 0.3) is 0 Å². The van der Waals surface area contributed by atoms with Gasteiger partial charge in [-0.15, -0.1) is 0 Å². The molecule has 0 fully saturated rings. The molecular weight excluding hydrogens is 280 g/mol. The fraction of sp³-hybridized carbons (Fsp3) is 0.143. The highest BCUT2D eigenvalue weighted by Gasteiger charge is 2.03. The summed E-state index contributed by atoms with van der Waals surface area (Å²) in [4.78, 5) is 0. The molecule has 0 bridgehead atoms. The molecule has 88 valence electrons. The minimum absolute atomic E-state index is 0.724. The van der Waals surface area contributed by atoms with Crippen LogP contribution in [0.5, 0.6) is 17.2 Å². The van der Waals surface area contributed by atoms with Crippen LogP contribution in [0.3, 0.4) is 0 Å². The maximum atomic E-state index is 5.76. The smallest absolute Gasteiger partial charge is 0.169 e. The number of ether oxygens (including phenoxy) is 2. The van der Waals surface area contributed by atoms with E-state index in [0.717, 1.165) is 22.6 Å². The number of rotatable bonds is 4. The highest BCUT2D eigenvalue weighted by atomic mass is 79.9. The van der Waals surface area contributed by atoms with Gasteiger partial charge >= 0.3 is 0 Å². The zero-order valence-electron chi connectivity index (χ0n) is 9.52. The molecular formula is C14H13BrO2. The molecule has 0 aliphatic rings. The Balaban J connectivity index is 2.19. The van der Waals surface area contributed by atoms with Gasteiger partial charge in [0.05, 0.1) is 7.11 Å². The molecule has 0 spiro atoms. The Hall–Kier alpha value is -1.48. The second-order valence-electron chi connectivity index (χ2n) is 3.53. The van der Waals surface area contributed by atoms with Crippen molar-refractivity contribution in [2.45, 2.75) is 5.33 Å². The zero-order valence-corrected chi connectivity index (χ0v) is 11.1. The monoisotopic (exact) mass is 292 g/mol. The second kappa shape index (κ2) is 5.73. The lowest BCUT2D eigenvalue weighted by atomic mass is 10.2. The molecule has 2 aromatic rings. The third-order valence-corrected chi connectivity index (χ3v) is 3.02. The van der Waals surface area contributed by atoms with Crippen LogP contribution in [0.15, 0.2) is 48.5 Å². The molecule has 0 atom stereocenters. The van der Waals surface area contributed by atoms with Crippen molar-refractivity contribution in [3.05, 3.63) is 54.1 Å². The van der Waals surface area contributed by atoms with E-state index in [9.17, 15) is 0 Å². The summed E-state index contributed by atoms with van der Waals surface area (Å²) in [7, 11) is 1.64. The van der Waals surface area contributed by atoms with Crippen molar-refractivity contribution in [2.75, 3.05) is 7.11 Å². The van der Waals surface area contributed by atoms with Crippen molar-refractivity contribution in [2.24, 2.45) is 0 Å². The molecule has 3 heteroatoms. The Labute approximate surface area is 109 Å². The normalized spacial score (nSPS) is 10.0. The van der Waals surface area contributed by atoms with Crippen LogP contribution in [0.4, 0.5) is 0 Å². The summed E-state index contributed by atoms with van der Waals surface area (Å²) in [5, 5.41) is 0.849. The number of halogens is 1. The summed E-state index contributed by atoms with van der Waals surface area (Å²) in [6.07, 6.45) is 0. The largest absolute Gasteiger partial charge is 0.493 e. The van der Waals surface area contributed by atoms with Crippen LogP contribution in [0, 0.1) is 0 Å². The van der Waals surface area contributed by atoms with Crippen molar-refractivity contribution in [1.29, 1.82) is 0 Å². The average molecular weight is 293 g/mol. The second-order valence-corrected chi connectivity index (χ2v) is 4.09. The summed E-state index contributed by atoms with van der Waals surface area (Å²) >= 11 is 3.41. The molecule has 0 saturated carbocycles. The van der Waals surface area contributed by atoms with Crippen molar-refractivity contribution in [3.8, 4) is 17.2 Å². The molecule has 0 aromatic heterocycles. The van der Waals surface area contributed by atoms with Gasteiger partial charge < -0.3 is 9.47 Å². The van der Waals surface area contributed by atoms with E-state index < -0.39 is 0 Å². The van der Waals surface area contributed by atoms with Gasteiger partial charge in [0, 0.05) is 5.33 Å². The molecule has 2 aromatic carbocycles. The summed E-state index contributed by atoms with van der Waals surface area (Å²) in [6, 6.07) is 15.6. The molecule has 2 rings (SSSR count). The molecule has 0 N–H and O–H groups in total. The van der Waals surface area contributed by atoms with Crippen molar-refractivity contribution in [3.63, 3.8) is 0 Å². The first-order valence-corrected chi connectivity index (χ1v) is 6.41. The lowest BCUT2D eigenvalue weighted by Gasteiger charge is -2.09. The highest BCUT2D eigenvalue weighted by Crippen LogP contribution is 2.30. The Morgan fingerprint density at radius 1 is 0.941 bits per heavy atom. The number of hydrogen-bond donors (Lipinski definition) is 0. The van der Waals surface area contributed by atoms with Gasteiger partial charge in [-0.3, -0.25) is 0 Å². The molecule has 0 aliphatic heterocycles. The highest BCUT2D eigenvalue weighted by molar-refractivity contribution is 9.08. The van der Waals surface area contributed by atoms with E-state index in [4.69, 9.17) is 9.47 Å². The Bertz CT molecular complexity index is 480. The van der Waals surface area contributed by atoms with Crippen molar-refractivity contribution < 1.29 is 9.47 Å². The molecule has 0 radical (unpaired) electrons. The molecule has 0 aliphatic carbocycles. The minimum Gasteiger partial charge on any atom is -0.493 e. The third-order valence-electron chi connectivity index (χ3n) is 2.37. The van der Waals surface area contributed by atoms with Crippen LogP contribution in [-0.4, -0.2) is 7.11 Å². The van der Waals surface area contributed by atoms with Crippen molar-refractivity contribution >= 4 is 15.9 Å². The van der Waals surface area contributed by atoms with Gasteiger partial charge in [0.2, 0.25) is 0 Å². The van der Waals surface area contributed by atoms with E-state index >= 15 is 0 Å². The standard InChI is InChI=1S/C14H13BrO2/c1-16-13-4-2-3-5-14(13)17-12-8-6-11(10-15)7-9-12/h2-9H,10H2,1H3. The molecule has 0 unspecified atom stereocenters. The fourth-order valence-electron chi connectivity index (χ4n) is 1.48. The lowest BCUT2D eigenvalue weighted by Crippen LogP contribution is -1.89. The Kier molecular flexibility index (Phi) is 4.04. The van der Waals surface area contributed by atoms with Crippen LogP contribution in [0.2, 0.25) is 0 Å². The zero-order chi connectivity index (χ0) is 12.1. The summed E-state index contributed by atoms with van der Waals surface area (Å²) in [5.74, 6) is 2.26. The minimum atomic E-state index is 0.724. The fourth-order valence-corrected chi connectivity index (χ4v) is 1.85. The van der Waals surface area contributed by atoms with Crippen LogP contribution in [-0.2, 0) is 5.33 Å². The lowest BCUT2D eigenvalue weighted by molar-refractivity contribution is 0.379. The predicted molar refractivity (Wildman–Crippen MR) is 72.1 cm³/mol. The SMILES string of the molecule is COc1ccccc1Oc1ccc(CBr)cc1. The number of alkyl halides is 1. The quantitative estimate of drug-likeness (QED) is 0.779. The van der Waals surface area contributed by atoms with Gasteiger partial charge in [-0.25, -0.2) is 0 Å². The maximum Gasteiger partial charge on any atom is 0.169 e. The first kappa shape index (κ1) is 12.0. The van der Waals surface area contributed by atoms with Crippen LogP contribution in [0.1, 0.15) is 5.56 Å². The summed E-state index contributed by atoms with van der Waals surface area (Å²) in [5.41, 5.74) is 1.22. The van der Waals surface area contributed by atoms with Gasteiger partial charge in [0.15, 0.2) is 11.5 Å². The third kappa shape index (κ3) is 3.01. The first-order chi connectivity index (χ1) is 8.33.